The van der Waals surface area contributed by atoms with Crippen LogP contribution in [0.4, 0.5) is 0 Å². The molecule has 6 heteroatoms. The van der Waals surface area contributed by atoms with E-state index in [9.17, 15) is 9.59 Å². The van der Waals surface area contributed by atoms with E-state index < -0.39 is 11.9 Å². The molecule has 0 fully saturated rings. The molecule has 0 aliphatic heterocycles. The van der Waals surface area contributed by atoms with Crippen LogP contribution in [0.1, 0.15) is 104 Å². The van der Waals surface area contributed by atoms with E-state index in [2.05, 4.69) is 13.8 Å². The molecule has 0 saturated carbocycles. The Bertz CT molecular complexity index is 253. The second kappa shape index (κ2) is 28.7. The normalized spacial score (nSPS) is 9.54. The maximum absolute atomic E-state index is 10.0. The molecule has 158 valence electrons. The molecule has 0 radical (unpaired) electrons. The highest BCUT2D eigenvalue weighted by Gasteiger charge is 1.95. The Kier molecular flexibility index (Phi) is 32.6. The number of carboxylic acids is 2. The average Bonchev–Trinajstić information content (AvgIpc) is 2.60. The molecule has 0 amide bonds. The summed E-state index contributed by atoms with van der Waals surface area (Å²) in [6.07, 6.45) is 13.2. The lowest BCUT2D eigenvalue weighted by Gasteiger charge is -1.95. The van der Waals surface area contributed by atoms with E-state index in [1.165, 1.54) is 38.5 Å². The second-order valence-corrected chi connectivity index (χ2v) is 6.27. The molecule has 26 heavy (non-hydrogen) atoms. The third kappa shape index (κ3) is 43.4. The van der Waals surface area contributed by atoms with Crippen LogP contribution in [0.2, 0.25) is 0 Å². The summed E-state index contributed by atoms with van der Waals surface area (Å²) in [6, 6.07) is 0. The molecule has 0 aliphatic carbocycles. The predicted molar refractivity (Wildman–Crippen MR) is 105 cm³/mol. The summed E-state index contributed by atoms with van der Waals surface area (Å²) in [5, 5.41) is 32.7. The molecule has 0 heterocycles. The van der Waals surface area contributed by atoms with Gasteiger partial charge in [-0.2, -0.15) is 0 Å². The summed E-state index contributed by atoms with van der Waals surface area (Å²) in [7, 11) is 0. The Labute approximate surface area is 159 Å². The number of aliphatic hydroxyl groups is 2. The molecule has 0 aromatic heterocycles. The maximum atomic E-state index is 10.0. The van der Waals surface area contributed by atoms with E-state index in [1.54, 1.807) is 0 Å². The molecule has 0 saturated heterocycles. The monoisotopic (exact) mass is 378 g/mol. The Balaban J connectivity index is -0.000000316. The molecule has 0 spiro atoms. The highest BCUT2D eigenvalue weighted by Crippen LogP contribution is 2.04. The first-order valence-electron chi connectivity index (χ1n) is 10.1. The maximum Gasteiger partial charge on any atom is 0.303 e. The number of rotatable bonds is 15. The van der Waals surface area contributed by atoms with Crippen LogP contribution in [0, 0.1) is 0 Å². The fourth-order valence-corrected chi connectivity index (χ4v) is 1.98. The number of aliphatic hydroxyl groups excluding tert-OH is 2. The van der Waals surface area contributed by atoms with Gasteiger partial charge < -0.3 is 20.4 Å². The van der Waals surface area contributed by atoms with Gasteiger partial charge in [0, 0.05) is 26.1 Å². The van der Waals surface area contributed by atoms with Crippen molar-refractivity contribution in [2.24, 2.45) is 0 Å². The minimum atomic E-state index is -0.670. The van der Waals surface area contributed by atoms with Crippen LogP contribution in [0.15, 0.2) is 0 Å². The number of hydrogen-bond donors (Lipinski definition) is 4. The minimum Gasteiger partial charge on any atom is -0.481 e. The van der Waals surface area contributed by atoms with Crippen molar-refractivity contribution in [3.63, 3.8) is 0 Å². The van der Waals surface area contributed by atoms with Crippen molar-refractivity contribution in [1.82, 2.24) is 0 Å². The fraction of sp³-hybridized carbons (Fsp3) is 0.900. The van der Waals surface area contributed by atoms with E-state index in [1.807, 2.05) is 0 Å². The molecular formula is C20H42O6. The lowest BCUT2D eigenvalue weighted by atomic mass is 10.1. The third-order valence-electron chi connectivity index (χ3n) is 3.55. The van der Waals surface area contributed by atoms with Crippen molar-refractivity contribution in [3.8, 4) is 0 Å². The summed E-state index contributed by atoms with van der Waals surface area (Å²) in [4.78, 5) is 20.1. The minimum absolute atomic E-state index is 0.195. The lowest BCUT2D eigenvalue weighted by Crippen LogP contribution is -1.93. The van der Waals surface area contributed by atoms with Crippen LogP contribution in [-0.4, -0.2) is 45.6 Å². The summed E-state index contributed by atoms with van der Waals surface area (Å²) >= 11 is 0. The number of unbranched alkanes of at least 4 members (excludes halogenated alkanes) is 9. The van der Waals surface area contributed by atoms with Crippen molar-refractivity contribution >= 4 is 11.9 Å². The van der Waals surface area contributed by atoms with Gasteiger partial charge >= 0.3 is 11.9 Å². The first-order valence-corrected chi connectivity index (χ1v) is 10.1. The smallest absolute Gasteiger partial charge is 0.303 e. The van der Waals surface area contributed by atoms with Gasteiger partial charge in [-0.15, -0.1) is 0 Å². The molecule has 0 rings (SSSR count). The van der Waals surface area contributed by atoms with Crippen LogP contribution in [-0.2, 0) is 9.59 Å². The van der Waals surface area contributed by atoms with Gasteiger partial charge in [0.05, 0.1) is 0 Å². The van der Waals surface area contributed by atoms with Gasteiger partial charge in [0.1, 0.15) is 0 Å². The van der Waals surface area contributed by atoms with Crippen LogP contribution in [0.3, 0.4) is 0 Å². The van der Waals surface area contributed by atoms with Crippen LogP contribution < -0.4 is 0 Å². The van der Waals surface area contributed by atoms with Gasteiger partial charge in [0.2, 0.25) is 0 Å². The molecule has 6 nitrogen and oxygen atoms in total. The van der Waals surface area contributed by atoms with E-state index in [4.69, 9.17) is 20.4 Å². The van der Waals surface area contributed by atoms with Crippen molar-refractivity contribution in [3.05, 3.63) is 0 Å². The second-order valence-electron chi connectivity index (χ2n) is 6.27. The molecule has 0 atom stereocenters. The van der Waals surface area contributed by atoms with Crippen molar-refractivity contribution in [2.45, 2.75) is 104 Å². The quantitative estimate of drug-likeness (QED) is 0.309. The summed E-state index contributed by atoms with van der Waals surface area (Å²) in [5.41, 5.74) is 0. The van der Waals surface area contributed by atoms with E-state index in [0.29, 0.717) is 12.8 Å². The SMILES string of the molecule is CCCCCCCC(=O)O.CCCCCCCC(=O)O.OCCCCO. The average molecular weight is 379 g/mol. The van der Waals surface area contributed by atoms with E-state index >= 15 is 0 Å². The molecule has 0 aromatic carbocycles. The van der Waals surface area contributed by atoms with E-state index in [-0.39, 0.29) is 13.2 Å². The Morgan fingerprint density at radius 1 is 0.538 bits per heavy atom. The van der Waals surface area contributed by atoms with Crippen LogP contribution >= 0.6 is 0 Å². The van der Waals surface area contributed by atoms with Gasteiger partial charge in [0.25, 0.3) is 0 Å². The Hall–Kier alpha value is -1.14. The first-order chi connectivity index (χ1) is 12.5. The van der Waals surface area contributed by atoms with Gasteiger partial charge in [-0.1, -0.05) is 65.2 Å². The number of hydrogen-bond acceptors (Lipinski definition) is 4. The molecule has 0 aliphatic rings. The van der Waals surface area contributed by atoms with Crippen LogP contribution in [0.25, 0.3) is 0 Å². The van der Waals surface area contributed by atoms with Gasteiger partial charge in [0.15, 0.2) is 0 Å². The van der Waals surface area contributed by atoms with Crippen LogP contribution in [0.5, 0.6) is 0 Å². The zero-order valence-electron chi connectivity index (χ0n) is 16.9. The predicted octanol–water partition coefficient (Wildman–Crippen LogP) is 4.61. The summed E-state index contributed by atoms with van der Waals surface area (Å²) in [6.45, 7) is 4.69. The van der Waals surface area contributed by atoms with Crippen molar-refractivity contribution < 1.29 is 30.0 Å². The fourth-order valence-electron chi connectivity index (χ4n) is 1.98. The molecule has 0 aromatic rings. The number of carbonyl (C=O) groups is 2. The van der Waals surface area contributed by atoms with Gasteiger partial charge in [-0.05, 0) is 25.7 Å². The first kappa shape index (κ1) is 29.6. The van der Waals surface area contributed by atoms with Crippen molar-refractivity contribution in [2.75, 3.05) is 13.2 Å². The topological polar surface area (TPSA) is 115 Å². The summed E-state index contributed by atoms with van der Waals surface area (Å²) in [5.74, 6) is -1.34. The summed E-state index contributed by atoms with van der Waals surface area (Å²) < 4.78 is 0. The third-order valence-corrected chi connectivity index (χ3v) is 3.55. The van der Waals surface area contributed by atoms with Gasteiger partial charge in [-0.25, -0.2) is 0 Å². The number of aliphatic carboxylic acids is 2. The highest BCUT2D eigenvalue weighted by atomic mass is 16.4. The Morgan fingerprint density at radius 2 is 0.846 bits per heavy atom. The van der Waals surface area contributed by atoms with Crippen molar-refractivity contribution in [1.29, 1.82) is 0 Å². The standard InChI is InChI=1S/2C8H16O2.C4H10O2/c2*1-2-3-4-5-6-7-8(9)10;5-3-1-2-4-6/h2*2-7H2,1H3,(H,9,10);5-6H,1-4H2. The molecule has 4 N–H and O–H groups in total. The highest BCUT2D eigenvalue weighted by molar-refractivity contribution is 5.66. The molecular weight excluding hydrogens is 336 g/mol. The Morgan fingerprint density at radius 3 is 1.08 bits per heavy atom. The molecule has 0 unspecified atom stereocenters. The largest absolute Gasteiger partial charge is 0.481 e. The zero-order valence-corrected chi connectivity index (χ0v) is 16.9. The molecule has 0 bridgehead atoms. The van der Waals surface area contributed by atoms with Gasteiger partial charge in [-0.3, -0.25) is 9.59 Å². The zero-order chi connectivity index (χ0) is 20.5. The van der Waals surface area contributed by atoms with E-state index in [0.717, 1.165) is 38.5 Å². The lowest BCUT2D eigenvalue weighted by molar-refractivity contribution is -0.138. The number of carboxylic acid groups (broad SMARTS) is 2.